The summed E-state index contributed by atoms with van der Waals surface area (Å²) in [6.45, 7) is 0.610. The summed E-state index contributed by atoms with van der Waals surface area (Å²) < 4.78 is 7.25. The first kappa shape index (κ1) is 16.1. The van der Waals surface area contributed by atoms with E-state index in [2.05, 4.69) is 20.9 Å². The summed E-state index contributed by atoms with van der Waals surface area (Å²) in [7, 11) is 3.62. The number of aryl methyl sites for hydroxylation is 2. The van der Waals surface area contributed by atoms with E-state index in [9.17, 15) is 4.79 Å². The maximum absolute atomic E-state index is 12.1. The second kappa shape index (κ2) is 7.17. The van der Waals surface area contributed by atoms with Gasteiger partial charge in [-0.3, -0.25) is 4.79 Å². The quantitative estimate of drug-likeness (QED) is 0.710. The Bertz CT molecular complexity index is 855. The molecule has 1 heterocycles. The van der Waals surface area contributed by atoms with Gasteiger partial charge in [0.1, 0.15) is 11.6 Å². The van der Waals surface area contributed by atoms with Crippen molar-refractivity contribution in [3.8, 4) is 5.75 Å². The number of methoxy groups -OCH3 is 1. The minimum Gasteiger partial charge on any atom is -0.497 e. The lowest BCUT2D eigenvalue weighted by molar-refractivity contribution is 0.0953. The molecule has 5 nitrogen and oxygen atoms in total. The van der Waals surface area contributed by atoms with E-state index in [0.717, 1.165) is 29.7 Å². The largest absolute Gasteiger partial charge is 0.497 e. The molecule has 0 aliphatic heterocycles. The topological polar surface area (TPSA) is 56.1 Å². The van der Waals surface area contributed by atoms with Crippen molar-refractivity contribution in [2.24, 2.45) is 7.05 Å². The highest BCUT2D eigenvalue weighted by Crippen LogP contribution is 2.15. The van der Waals surface area contributed by atoms with E-state index in [-0.39, 0.29) is 5.91 Å². The molecule has 0 aliphatic carbocycles. The van der Waals surface area contributed by atoms with Gasteiger partial charge in [0.15, 0.2) is 0 Å². The van der Waals surface area contributed by atoms with Crippen LogP contribution in [0.5, 0.6) is 5.75 Å². The predicted octanol–water partition coefficient (Wildman–Crippen LogP) is 2.94. The average Bonchev–Trinajstić information content (AvgIpc) is 2.95. The van der Waals surface area contributed by atoms with Crippen molar-refractivity contribution in [2.75, 3.05) is 13.7 Å². The van der Waals surface area contributed by atoms with Crippen LogP contribution in [0.25, 0.3) is 11.0 Å². The number of carbonyl (C=O) groups is 1. The Labute approximate surface area is 141 Å². The van der Waals surface area contributed by atoms with Crippen molar-refractivity contribution in [1.82, 2.24) is 14.9 Å². The molecule has 5 heteroatoms. The number of benzene rings is 2. The van der Waals surface area contributed by atoms with Crippen LogP contribution in [0.3, 0.4) is 0 Å². The second-order valence-electron chi connectivity index (χ2n) is 5.67. The lowest BCUT2D eigenvalue weighted by Gasteiger charge is -2.07. The Morgan fingerprint density at radius 1 is 1.21 bits per heavy atom. The summed E-state index contributed by atoms with van der Waals surface area (Å²) in [5.41, 5.74) is 2.75. The minimum atomic E-state index is -0.0844. The van der Waals surface area contributed by atoms with Gasteiger partial charge in [-0.15, -0.1) is 0 Å². The summed E-state index contributed by atoms with van der Waals surface area (Å²) in [5.74, 6) is 1.63. The number of aromatic nitrogens is 2. The molecule has 0 bridgehead atoms. The molecule has 0 aliphatic rings. The van der Waals surface area contributed by atoms with Crippen molar-refractivity contribution in [2.45, 2.75) is 12.8 Å². The predicted molar refractivity (Wildman–Crippen MR) is 94.4 cm³/mol. The molecule has 1 aromatic heterocycles. The molecular formula is C19H21N3O2. The number of rotatable bonds is 6. The van der Waals surface area contributed by atoms with Crippen molar-refractivity contribution < 1.29 is 9.53 Å². The van der Waals surface area contributed by atoms with E-state index in [4.69, 9.17) is 4.74 Å². The third-order valence-corrected chi connectivity index (χ3v) is 4.07. The molecule has 3 rings (SSSR count). The summed E-state index contributed by atoms with van der Waals surface area (Å²) in [6.07, 6.45) is 1.66. The Morgan fingerprint density at radius 2 is 2.04 bits per heavy atom. The Morgan fingerprint density at radius 3 is 2.83 bits per heavy atom. The Balaban J connectivity index is 1.54. The molecule has 0 radical (unpaired) electrons. The lowest BCUT2D eigenvalue weighted by atomic mass is 10.2. The maximum Gasteiger partial charge on any atom is 0.251 e. The molecule has 1 N–H and O–H groups in total. The number of nitrogens with zero attached hydrogens (tertiary/aromatic N) is 2. The van der Waals surface area contributed by atoms with E-state index in [1.807, 2.05) is 37.4 Å². The molecule has 24 heavy (non-hydrogen) atoms. The summed E-state index contributed by atoms with van der Waals surface area (Å²) in [5, 5.41) is 2.94. The molecule has 0 atom stereocenters. The number of para-hydroxylation sites is 2. The number of hydrogen-bond acceptors (Lipinski definition) is 3. The van der Waals surface area contributed by atoms with Crippen LogP contribution in [0.15, 0.2) is 48.5 Å². The van der Waals surface area contributed by atoms with E-state index < -0.39 is 0 Å². The molecule has 1 amide bonds. The molecule has 0 saturated heterocycles. The van der Waals surface area contributed by atoms with E-state index in [0.29, 0.717) is 17.9 Å². The first-order chi connectivity index (χ1) is 11.7. The van der Waals surface area contributed by atoms with Crippen molar-refractivity contribution in [3.05, 3.63) is 59.9 Å². The van der Waals surface area contributed by atoms with Crippen molar-refractivity contribution in [3.63, 3.8) is 0 Å². The van der Waals surface area contributed by atoms with Crippen LogP contribution in [0, 0.1) is 0 Å². The van der Waals surface area contributed by atoms with E-state index in [1.165, 1.54) is 0 Å². The summed E-state index contributed by atoms with van der Waals surface area (Å²) in [4.78, 5) is 16.8. The number of hydrogen-bond donors (Lipinski definition) is 1. The highest BCUT2D eigenvalue weighted by Gasteiger charge is 2.08. The zero-order chi connectivity index (χ0) is 16.9. The number of fused-ring (bicyclic) bond motifs is 1. The summed E-state index contributed by atoms with van der Waals surface area (Å²) in [6, 6.07) is 15.2. The van der Waals surface area contributed by atoms with Crippen LogP contribution < -0.4 is 10.1 Å². The first-order valence-corrected chi connectivity index (χ1v) is 8.01. The monoisotopic (exact) mass is 323 g/mol. The van der Waals surface area contributed by atoms with Gasteiger partial charge >= 0.3 is 0 Å². The number of carbonyl (C=O) groups excluding carboxylic acids is 1. The fourth-order valence-corrected chi connectivity index (χ4v) is 2.73. The van der Waals surface area contributed by atoms with Crippen molar-refractivity contribution >= 4 is 16.9 Å². The van der Waals surface area contributed by atoms with Crippen LogP contribution >= 0.6 is 0 Å². The number of imidazole rings is 1. The van der Waals surface area contributed by atoms with Crippen molar-refractivity contribution in [1.29, 1.82) is 0 Å². The SMILES string of the molecule is COc1cccc(C(=O)NCCCc2nc3ccccc3n2C)c1. The van der Waals surface area contributed by atoms with Gasteiger partial charge in [0.2, 0.25) is 0 Å². The molecule has 0 fully saturated rings. The standard InChI is InChI=1S/C19H21N3O2/c1-22-17-10-4-3-9-16(17)21-18(22)11-6-12-20-19(23)14-7-5-8-15(13-14)24-2/h3-5,7-10,13H,6,11-12H2,1-2H3,(H,20,23). The number of ether oxygens (including phenoxy) is 1. The second-order valence-corrected chi connectivity index (χ2v) is 5.67. The molecular weight excluding hydrogens is 302 g/mol. The van der Waals surface area contributed by atoms with Gasteiger partial charge in [-0.1, -0.05) is 18.2 Å². The lowest BCUT2D eigenvalue weighted by Crippen LogP contribution is -2.25. The average molecular weight is 323 g/mol. The van der Waals surface area contributed by atoms with E-state index >= 15 is 0 Å². The van der Waals surface area contributed by atoms with Crippen LogP contribution in [0.4, 0.5) is 0 Å². The highest BCUT2D eigenvalue weighted by atomic mass is 16.5. The van der Waals surface area contributed by atoms with E-state index in [1.54, 1.807) is 19.2 Å². The van der Waals surface area contributed by atoms with Gasteiger partial charge in [0.25, 0.3) is 5.91 Å². The molecule has 3 aromatic rings. The Hall–Kier alpha value is -2.82. The smallest absolute Gasteiger partial charge is 0.251 e. The number of nitrogens with one attached hydrogen (secondary N) is 1. The van der Waals surface area contributed by atoms with Gasteiger partial charge in [0.05, 0.1) is 18.1 Å². The van der Waals surface area contributed by atoms with Gasteiger partial charge in [0, 0.05) is 25.6 Å². The fourth-order valence-electron chi connectivity index (χ4n) is 2.73. The molecule has 2 aromatic carbocycles. The third kappa shape index (κ3) is 3.40. The molecule has 0 spiro atoms. The van der Waals surface area contributed by atoms with Crippen LogP contribution in [-0.2, 0) is 13.5 Å². The summed E-state index contributed by atoms with van der Waals surface area (Å²) >= 11 is 0. The van der Waals surface area contributed by atoms with Gasteiger partial charge in [-0.05, 0) is 36.8 Å². The Kier molecular flexibility index (Phi) is 4.79. The normalized spacial score (nSPS) is 10.8. The highest BCUT2D eigenvalue weighted by molar-refractivity contribution is 5.94. The first-order valence-electron chi connectivity index (χ1n) is 8.01. The van der Waals surface area contributed by atoms with Crippen LogP contribution in [0.2, 0.25) is 0 Å². The third-order valence-electron chi connectivity index (χ3n) is 4.07. The fraction of sp³-hybridized carbons (Fsp3) is 0.263. The van der Waals surface area contributed by atoms with Gasteiger partial charge in [-0.2, -0.15) is 0 Å². The molecule has 0 saturated carbocycles. The minimum absolute atomic E-state index is 0.0844. The maximum atomic E-state index is 12.1. The molecule has 0 unspecified atom stereocenters. The van der Waals surface area contributed by atoms with Gasteiger partial charge < -0.3 is 14.6 Å². The van der Waals surface area contributed by atoms with Crippen LogP contribution in [0.1, 0.15) is 22.6 Å². The zero-order valence-corrected chi connectivity index (χ0v) is 14.0. The molecule has 124 valence electrons. The number of amides is 1. The van der Waals surface area contributed by atoms with Crippen LogP contribution in [-0.4, -0.2) is 29.1 Å². The van der Waals surface area contributed by atoms with Gasteiger partial charge in [-0.25, -0.2) is 4.98 Å². The zero-order valence-electron chi connectivity index (χ0n) is 14.0.